The Kier molecular flexibility index (Phi) is 5.49. The molecular formula is C11H15IN2O3. The Bertz CT molecular complexity index is 398. The topological polar surface area (TPSA) is 61.8 Å². The van der Waals surface area contributed by atoms with Gasteiger partial charge < -0.3 is 18.3 Å². The number of nitrogens with one attached hydrogen (secondary N) is 1. The minimum atomic E-state index is -0.176. The van der Waals surface area contributed by atoms with E-state index >= 15 is 0 Å². The van der Waals surface area contributed by atoms with Gasteiger partial charge in [-0.2, -0.15) is 0 Å². The average molecular weight is 350 g/mol. The summed E-state index contributed by atoms with van der Waals surface area (Å²) in [5, 5.41) is 8.82. The van der Waals surface area contributed by atoms with Gasteiger partial charge in [0.15, 0.2) is 0 Å². The number of amides is 1. The van der Waals surface area contributed by atoms with Crippen molar-refractivity contribution in [3.63, 3.8) is 0 Å². The van der Waals surface area contributed by atoms with Crippen LogP contribution in [0.15, 0.2) is 18.2 Å². The third-order valence-corrected chi connectivity index (χ3v) is 2.94. The van der Waals surface area contributed by atoms with E-state index in [0.29, 0.717) is 17.9 Å². The Morgan fingerprint density at radius 3 is 2.82 bits per heavy atom. The van der Waals surface area contributed by atoms with Crippen LogP contribution in [0.3, 0.4) is 0 Å². The van der Waals surface area contributed by atoms with Crippen LogP contribution < -0.4 is 8.27 Å². The van der Waals surface area contributed by atoms with Crippen molar-refractivity contribution in [2.75, 3.05) is 30.8 Å². The Hall–Kier alpha value is -1.02. The minimum absolute atomic E-state index is 0.0607. The molecule has 0 saturated carbocycles. The molecule has 1 aromatic carbocycles. The summed E-state index contributed by atoms with van der Waals surface area (Å²) in [5.74, 6) is 0.347. The first-order valence-electron chi connectivity index (χ1n) is 5.05. The number of methoxy groups -OCH3 is 1. The van der Waals surface area contributed by atoms with Gasteiger partial charge in [0.2, 0.25) is 0 Å². The van der Waals surface area contributed by atoms with Crippen molar-refractivity contribution in [3.05, 3.63) is 23.8 Å². The number of rotatable bonds is 5. The van der Waals surface area contributed by atoms with Gasteiger partial charge in [-0.15, -0.1) is 0 Å². The molecule has 0 bridgehead atoms. The molecule has 17 heavy (non-hydrogen) atoms. The first-order chi connectivity index (χ1) is 8.13. The van der Waals surface area contributed by atoms with Crippen LogP contribution in [0, 0.1) is 0 Å². The number of carbonyl (C=O) groups excluding carboxylic acids is 1. The van der Waals surface area contributed by atoms with Gasteiger partial charge >= 0.3 is 0 Å². The maximum atomic E-state index is 12.1. The lowest BCUT2D eigenvalue weighted by molar-refractivity contribution is 0.0763. The van der Waals surface area contributed by atoms with E-state index in [9.17, 15) is 4.79 Å². The fourth-order valence-corrected chi connectivity index (χ4v) is 1.73. The fraction of sp³-hybridized carbons (Fsp3) is 0.364. The molecule has 1 rings (SSSR count). The van der Waals surface area contributed by atoms with Gasteiger partial charge in [-0.25, -0.2) is 0 Å². The number of likely N-dealkylation sites (N-methyl/N-ethyl adjacent to an activating group) is 1. The zero-order valence-electron chi connectivity index (χ0n) is 9.74. The van der Waals surface area contributed by atoms with E-state index in [1.54, 1.807) is 19.2 Å². The monoisotopic (exact) mass is 350 g/mol. The highest BCUT2D eigenvalue weighted by atomic mass is 127. The van der Waals surface area contributed by atoms with E-state index in [0.717, 1.165) is 5.69 Å². The fourth-order valence-electron chi connectivity index (χ4n) is 1.39. The summed E-state index contributed by atoms with van der Waals surface area (Å²) in [4.78, 5) is 13.5. The second-order valence-electron chi connectivity index (χ2n) is 3.46. The molecule has 0 radical (unpaired) electrons. The predicted molar refractivity (Wildman–Crippen MR) is 74.7 cm³/mol. The Balaban J connectivity index is 3.05. The summed E-state index contributed by atoms with van der Waals surface area (Å²) in [7, 11) is 3.16. The molecule has 0 saturated heterocycles. The number of carbonyl (C=O) groups is 1. The molecule has 0 fully saturated rings. The number of hydrogen-bond acceptors (Lipinski definition) is 4. The SMILES string of the molecule is COc1ccc(NI)cc1C(=O)N(C)CCO. The molecule has 0 heterocycles. The second-order valence-corrected chi connectivity index (χ2v) is 4.00. The predicted octanol–water partition coefficient (Wildman–Crippen LogP) is 1.52. The summed E-state index contributed by atoms with van der Waals surface area (Å²) in [6, 6.07) is 5.29. The molecule has 1 aromatic rings. The number of aliphatic hydroxyl groups is 1. The van der Waals surface area contributed by atoms with E-state index in [1.807, 2.05) is 28.9 Å². The van der Waals surface area contributed by atoms with Crippen LogP contribution in [0.25, 0.3) is 0 Å². The van der Waals surface area contributed by atoms with Gasteiger partial charge in [-0.05, 0) is 18.2 Å². The molecule has 0 spiro atoms. The number of nitrogens with zero attached hydrogens (tertiary/aromatic N) is 1. The summed E-state index contributed by atoms with van der Waals surface area (Å²) < 4.78 is 8.09. The van der Waals surface area contributed by atoms with Crippen LogP contribution in [0.5, 0.6) is 5.75 Å². The lowest BCUT2D eigenvalue weighted by Gasteiger charge is -2.18. The van der Waals surface area contributed by atoms with Crippen molar-refractivity contribution >= 4 is 34.5 Å². The lowest BCUT2D eigenvalue weighted by atomic mass is 10.1. The number of anilines is 1. The van der Waals surface area contributed by atoms with E-state index in [-0.39, 0.29) is 12.5 Å². The zero-order valence-corrected chi connectivity index (χ0v) is 11.9. The van der Waals surface area contributed by atoms with Crippen LogP contribution in [-0.4, -0.2) is 43.2 Å². The van der Waals surface area contributed by atoms with E-state index in [4.69, 9.17) is 9.84 Å². The van der Waals surface area contributed by atoms with Gasteiger partial charge in [0, 0.05) is 19.3 Å². The van der Waals surface area contributed by atoms with E-state index < -0.39 is 0 Å². The highest BCUT2D eigenvalue weighted by molar-refractivity contribution is 14.1. The molecule has 0 aliphatic rings. The second kappa shape index (κ2) is 6.65. The largest absolute Gasteiger partial charge is 0.496 e. The summed E-state index contributed by atoms with van der Waals surface area (Å²) >= 11 is 2.00. The molecule has 6 heteroatoms. The van der Waals surface area contributed by atoms with Crippen LogP contribution >= 0.6 is 22.9 Å². The number of hydrogen-bond donors (Lipinski definition) is 2. The zero-order chi connectivity index (χ0) is 12.8. The van der Waals surface area contributed by atoms with Gasteiger partial charge in [0.05, 0.1) is 42.1 Å². The van der Waals surface area contributed by atoms with Crippen LogP contribution in [0.1, 0.15) is 10.4 Å². The summed E-state index contributed by atoms with van der Waals surface area (Å²) in [5.41, 5.74) is 1.30. The molecule has 0 aliphatic carbocycles. The Morgan fingerprint density at radius 2 is 2.29 bits per heavy atom. The van der Waals surface area contributed by atoms with Crippen molar-refractivity contribution in [3.8, 4) is 5.75 Å². The van der Waals surface area contributed by atoms with E-state index in [2.05, 4.69) is 3.53 Å². The minimum Gasteiger partial charge on any atom is -0.496 e. The number of halogens is 1. The third kappa shape index (κ3) is 3.47. The molecule has 0 aromatic heterocycles. The lowest BCUT2D eigenvalue weighted by Crippen LogP contribution is -2.29. The van der Waals surface area contributed by atoms with Crippen LogP contribution in [-0.2, 0) is 0 Å². The highest BCUT2D eigenvalue weighted by Crippen LogP contribution is 2.24. The molecule has 0 aliphatic heterocycles. The Labute approximate surface area is 114 Å². The van der Waals surface area contributed by atoms with Crippen molar-refractivity contribution in [1.29, 1.82) is 0 Å². The van der Waals surface area contributed by atoms with Crippen molar-refractivity contribution in [1.82, 2.24) is 4.90 Å². The summed E-state index contributed by atoms with van der Waals surface area (Å²) in [6.07, 6.45) is 0. The molecule has 1 amide bonds. The smallest absolute Gasteiger partial charge is 0.257 e. The van der Waals surface area contributed by atoms with Crippen LogP contribution in [0.2, 0.25) is 0 Å². The molecule has 94 valence electrons. The molecule has 2 N–H and O–H groups in total. The van der Waals surface area contributed by atoms with Gasteiger partial charge in [-0.1, -0.05) is 0 Å². The third-order valence-electron chi connectivity index (χ3n) is 2.32. The maximum absolute atomic E-state index is 12.1. The highest BCUT2D eigenvalue weighted by Gasteiger charge is 2.16. The number of ether oxygens (including phenoxy) is 1. The molecule has 0 atom stereocenters. The van der Waals surface area contributed by atoms with Crippen LogP contribution in [0.4, 0.5) is 5.69 Å². The van der Waals surface area contributed by atoms with Gasteiger partial charge in [0.1, 0.15) is 5.75 Å². The molecular weight excluding hydrogens is 335 g/mol. The normalized spacial score (nSPS) is 9.88. The average Bonchev–Trinajstić information content (AvgIpc) is 2.37. The first kappa shape index (κ1) is 14.0. The standard InChI is InChI=1S/C11H15IN2O3/c1-14(5-6-15)11(16)9-7-8(13-12)3-4-10(9)17-2/h3-4,7,13,15H,5-6H2,1-2H3. The maximum Gasteiger partial charge on any atom is 0.257 e. The van der Waals surface area contributed by atoms with Crippen molar-refractivity contribution in [2.45, 2.75) is 0 Å². The molecule has 5 nitrogen and oxygen atoms in total. The van der Waals surface area contributed by atoms with E-state index in [1.165, 1.54) is 12.0 Å². The molecule has 0 unspecified atom stereocenters. The first-order valence-corrected chi connectivity index (χ1v) is 6.13. The van der Waals surface area contributed by atoms with Crippen molar-refractivity contribution in [2.24, 2.45) is 0 Å². The van der Waals surface area contributed by atoms with Crippen molar-refractivity contribution < 1.29 is 14.6 Å². The number of aliphatic hydroxyl groups excluding tert-OH is 1. The quantitative estimate of drug-likeness (QED) is 0.625. The summed E-state index contributed by atoms with van der Waals surface area (Å²) in [6.45, 7) is 0.235. The number of benzene rings is 1. The Morgan fingerprint density at radius 1 is 1.59 bits per heavy atom. The van der Waals surface area contributed by atoms with Gasteiger partial charge in [-0.3, -0.25) is 4.79 Å². The van der Waals surface area contributed by atoms with Gasteiger partial charge in [0.25, 0.3) is 5.91 Å².